The van der Waals surface area contributed by atoms with Gasteiger partial charge in [0.05, 0.1) is 16.9 Å². The molecule has 0 bridgehead atoms. The quantitative estimate of drug-likeness (QED) is 0.909. The Morgan fingerprint density at radius 1 is 1.45 bits per heavy atom. The zero-order valence-corrected chi connectivity index (χ0v) is 12.5. The van der Waals surface area contributed by atoms with E-state index in [0.717, 1.165) is 16.9 Å². The van der Waals surface area contributed by atoms with Crippen molar-refractivity contribution in [2.45, 2.75) is 13.5 Å². The van der Waals surface area contributed by atoms with Crippen molar-refractivity contribution in [2.24, 2.45) is 7.05 Å². The standard InChI is InChI=1S/C14H17ClN4O/c1-9-11(8-18-19(9)3)7-17-13-6-10(14(20)16-2)4-5-12(13)15/h4-6,8,17H,7H2,1-3H3,(H,16,20). The van der Waals surface area contributed by atoms with E-state index in [9.17, 15) is 4.79 Å². The highest BCUT2D eigenvalue weighted by Crippen LogP contribution is 2.24. The molecule has 0 radical (unpaired) electrons. The van der Waals surface area contributed by atoms with Crippen LogP contribution in [0.15, 0.2) is 24.4 Å². The number of aromatic nitrogens is 2. The van der Waals surface area contributed by atoms with Crippen LogP contribution in [0.5, 0.6) is 0 Å². The Morgan fingerprint density at radius 2 is 2.20 bits per heavy atom. The van der Waals surface area contributed by atoms with E-state index in [4.69, 9.17) is 11.6 Å². The molecule has 0 aliphatic rings. The van der Waals surface area contributed by atoms with Crippen LogP contribution in [-0.4, -0.2) is 22.7 Å². The Bertz CT molecular complexity index is 636. The van der Waals surface area contributed by atoms with Gasteiger partial charge in [-0.05, 0) is 25.1 Å². The molecule has 20 heavy (non-hydrogen) atoms. The lowest BCUT2D eigenvalue weighted by molar-refractivity contribution is 0.0963. The van der Waals surface area contributed by atoms with Crippen LogP contribution < -0.4 is 10.6 Å². The first-order chi connectivity index (χ1) is 9.52. The van der Waals surface area contributed by atoms with Crippen LogP contribution in [-0.2, 0) is 13.6 Å². The van der Waals surface area contributed by atoms with Crippen LogP contribution in [0.3, 0.4) is 0 Å². The summed E-state index contributed by atoms with van der Waals surface area (Å²) in [6.07, 6.45) is 1.82. The molecule has 0 fully saturated rings. The zero-order chi connectivity index (χ0) is 14.7. The molecule has 1 amide bonds. The number of nitrogens with one attached hydrogen (secondary N) is 2. The molecule has 5 nitrogen and oxygen atoms in total. The molecule has 2 aromatic rings. The van der Waals surface area contributed by atoms with Gasteiger partial charge in [-0.1, -0.05) is 11.6 Å². The fourth-order valence-corrected chi connectivity index (χ4v) is 2.04. The molecule has 1 heterocycles. The van der Waals surface area contributed by atoms with Gasteiger partial charge in [0.2, 0.25) is 0 Å². The normalized spacial score (nSPS) is 10.4. The van der Waals surface area contributed by atoms with Gasteiger partial charge in [0, 0.05) is 37.5 Å². The van der Waals surface area contributed by atoms with Crippen LogP contribution in [0.4, 0.5) is 5.69 Å². The fraction of sp³-hybridized carbons (Fsp3) is 0.286. The second-order valence-corrected chi connectivity index (χ2v) is 4.91. The van der Waals surface area contributed by atoms with Crippen molar-refractivity contribution in [1.29, 1.82) is 0 Å². The number of rotatable bonds is 4. The third-order valence-corrected chi connectivity index (χ3v) is 3.59. The lowest BCUT2D eigenvalue weighted by Crippen LogP contribution is -2.17. The molecular formula is C14H17ClN4O. The molecule has 0 aliphatic heterocycles. The highest BCUT2D eigenvalue weighted by atomic mass is 35.5. The summed E-state index contributed by atoms with van der Waals surface area (Å²) in [6.45, 7) is 2.61. The lowest BCUT2D eigenvalue weighted by atomic mass is 10.1. The number of carbonyl (C=O) groups excluding carboxylic acids is 1. The maximum absolute atomic E-state index is 11.6. The SMILES string of the molecule is CNC(=O)c1ccc(Cl)c(NCc2cnn(C)c2C)c1. The number of hydrogen-bond acceptors (Lipinski definition) is 3. The number of amides is 1. The third-order valence-electron chi connectivity index (χ3n) is 3.26. The van der Waals surface area contributed by atoms with Crippen LogP contribution in [0.25, 0.3) is 0 Å². The van der Waals surface area contributed by atoms with Crippen molar-refractivity contribution in [3.63, 3.8) is 0 Å². The molecule has 6 heteroatoms. The van der Waals surface area contributed by atoms with Gasteiger partial charge in [-0.3, -0.25) is 9.48 Å². The summed E-state index contributed by atoms with van der Waals surface area (Å²) in [5, 5.41) is 10.6. The Balaban J connectivity index is 2.16. The second kappa shape index (κ2) is 5.96. The van der Waals surface area contributed by atoms with Crippen molar-refractivity contribution in [3.8, 4) is 0 Å². The van der Waals surface area contributed by atoms with Gasteiger partial charge < -0.3 is 10.6 Å². The van der Waals surface area contributed by atoms with E-state index in [1.54, 1.807) is 25.2 Å². The predicted molar refractivity (Wildman–Crippen MR) is 80.1 cm³/mol. The molecule has 0 spiro atoms. The first-order valence-corrected chi connectivity index (χ1v) is 6.63. The van der Waals surface area contributed by atoms with Crippen LogP contribution in [0.2, 0.25) is 5.02 Å². The molecule has 2 rings (SSSR count). The van der Waals surface area contributed by atoms with Crippen molar-refractivity contribution in [3.05, 3.63) is 46.2 Å². The van der Waals surface area contributed by atoms with Crippen molar-refractivity contribution in [2.75, 3.05) is 12.4 Å². The minimum Gasteiger partial charge on any atom is -0.380 e. The molecule has 1 aromatic carbocycles. The average molecular weight is 293 g/mol. The second-order valence-electron chi connectivity index (χ2n) is 4.51. The number of hydrogen-bond donors (Lipinski definition) is 2. The van der Waals surface area contributed by atoms with Crippen LogP contribution in [0.1, 0.15) is 21.6 Å². The number of anilines is 1. The number of aryl methyl sites for hydroxylation is 1. The van der Waals surface area contributed by atoms with Crippen LogP contribution >= 0.6 is 11.6 Å². The molecule has 0 unspecified atom stereocenters. The van der Waals surface area contributed by atoms with E-state index in [2.05, 4.69) is 15.7 Å². The predicted octanol–water partition coefficient (Wildman–Crippen LogP) is 2.35. The topological polar surface area (TPSA) is 59.0 Å². The Hall–Kier alpha value is -2.01. The largest absolute Gasteiger partial charge is 0.380 e. The van der Waals surface area contributed by atoms with Crippen molar-refractivity contribution in [1.82, 2.24) is 15.1 Å². The first kappa shape index (κ1) is 14.4. The number of nitrogens with zero attached hydrogens (tertiary/aromatic N) is 2. The highest BCUT2D eigenvalue weighted by Gasteiger charge is 2.09. The van der Waals surface area contributed by atoms with Gasteiger partial charge >= 0.3 is 0 Å². The summed E-state index contributed by atoms with van der Waals surface area (Å²) in [6, 6.07) is 5.15. The van der Waals surface area contributed by atoms with Gasteiger partial charge in [-0.25, -0.2) is 0 Å². The smallest absolute Gasteiger partial charge is 0.251 e. The number of benzene rings is 1. The third kappa shape index (κ3) is 2.93. The Labute approximate surface area is 122 Å². The lowest BCUT2D eigenvalue weighted by Gasteiger charge is -2.10. The van der Waals surface area contributed by atoms with Crippen molar-refractivity contribution < 1.29 is 4.79 Å². The van der Waals surface area contributed by atoms with Gasteiger partial charge in [-0.2, -0.15) is 5.10 Å². The summed E-state index contributed by atoms with van der Waals surface area (Å²) in [5.41, 5.74) is 3.49. The van der Waals surface area contributed by atoms with E-state index in [-0.39, 0.29) is 5.91 Å². The summed E-state index contributed by atoms with van der Waals surface area (Å²) < 4.78 is 1.82. The van der Waals surface area contributed by atoms with Gasteiger partial charge in [0.15, 0.2) is 0 Å². The molecule has 0 aliphatic carbocycles. The van der Waals surface area contributed by atoms with E-state index >= 15 is 0 Å². The maximum atomic E-state index is 11.6. The van der Waals surface area contributed by atoms with Gasteiger partial charge in [-0.15, -0.1) is 0 Å². The number of carbonyl (C=O) groups is 1. The number of halogens is 1. The summed E-state index contributed by atoms with van der Waals surface area (Å²) in [4.78, 5) is 11.6. The molecule has 0 saturated heterocycles. The van der Waals surface area contributed by atoms with Gasteiger partial charge in [0.1, 0.15) is 0 Å². The summed E-state index contributed by atoms with van der Waals surface area (Å²) in [5.74, 6) is -0.137. The van der Waals surface area contributed by atoms with E-state index < -0.39 is 0 Å². The van der Waals surface area contributed by atoms with Gasteiger partial charge in [0.25, 0.3) is 5.91 Å². The molecule has 2 N–H and O–H groups in total. The maximum Gasteiger partial charge on any atom is 0.251 e. The molecular weight excluding hydrogens is 276 g/mol. The van der Waals surface area contributed by atoms with E-state index in [1.807, 2.05) is 24.9 Å². The fourth-order valence-electron chi connectivity index (χ4n) is 1.85. The minimum absolute atomic E-state index is 0.137. The first-order valence-electron chi connectivity index (χ1n) is 6.26. The van der Waals surface area contributed by atoms with Crippen molar-refractivity contribution >= 4 is 23.2 Å². The highest BCUT2D eigenvalue weighted by molar-refractivity contribution is 6.33. The average Bonchev–Trinajstić information content (AvgIpc) is 2.77. The molecule has 106 valence electrons. The van der Waals surface area contributed by atoms with E-state index in [0.29, 0.717) is 17.1 Å². The Kier molecular flexibility index (Phi) is 4.29. The Morgan fingerprint density at radius 3 is 2.80 bits per heavy atom. The summed E-state index contributed by atoms with van der Waals surface area (Å²) >= 11 is 6.14. The molecule has 1 aromatic heterocycles. The van der Waals surface area contributed by atoms with E-state index in [1.165, 1.54) is 0 Å². The summed E-state index contributed by atoms with van der Waals surface area (Å²) in [7, 11) is 3.50. The zero-order valence-electron chi connectivity index (χ0n) is 11.7. The molecule has 0 atom stereocenters. The monoisotopic (exact) mass is 292 g/mol. The minimum atomic E-state index is -0.137. The van der Waals surface area contributed by atoms with Crippen LogP contribution in [0, 0.1) is 6.92 Å². The molecule has 0 saturated carbocycles.